The molecule has 1 aromatic carbocycles. The lowest BCUT2D eigenvalue weighted by molar-refractivity contribution is 0.318. The molecule has 0 bridgehead atoms. The first kappa shape index (κ1) is 8.68. The van der Waals surface area contributed by atoms with E-state index in [0.717, 1.165) is 11.0 Å². The van der Waals surface area contributed by atoms with E-state index in [1.807, 2.05) is 31.2 Å². The van der Waals surface area contributed by atoms with Crippen LogP contribution in [-0.2, 0) is 0 Å². The summed E-state index contributed by atoms with van der Waals surface area (Å²) in [5.74, 6) is 0. The van der Waals surface area contributed by atoms with Crippen molar-refractivity contribution >= 4 is 17.2 Å². The molecule has 0 amide bonds. The maximum absolute atomic E-state index is 8.42. The first-order valence-corrected chi connectivity index (χ1v) is 4.30. The molecule has 1 aromatic heterocycles. The topological polar surface area (TPSA) is 63.3 Å². The molecule has 0 fully saturated rings. The van der Waals surface area contributed by atoms with Crippen molar-refractivity contribution in [1.82, 2.24) is 15.0 Å². The summed E-state index contributed by atoms with van der Waals surface area (Å²) in [7, 11) is 0. The predicted octanol–water partition coefficient (Wildman–Crippen LogP) is 1.45. The van der Waals surface area contributed by atoms with Gasteiger partial charge in [0.05, 0.1) is 17.8 Å². The lowest BCUT2D eigenvalue weighted by Crippen LogP contribution is -2.08. The predicted molar refractivity (Wildman–Crippen MR) is 52.5 cm³/mol. The summed E-state index contributed by atoms with van der Waals surface area (Å²) >= 11 is 0. The van der Waals surface area contributed by atoms with Gasteiger partial charge in [-0.3, -0.25) is 0 Å². The molecule has 0 spiro atoms. The van der Waals surface area contributed by atoms with Gasteiger partial charge >= 0.3 is 0 Å². The number of fused-ring (bicyclic) bond motifs is 1. The van der Waals surface area contributed by atoms with Gasteiger partial charge in [0.15, 0.2) is 0 Å². The second kappa shape index (κ2) is 3.45. The van der Waals surface area contributed by atoms with Crippen molar-refractivity contribution in [2.45, 2.75) is 13.0 Å². The largest absolute Gasteiger partial charge is 0.411 e. The third-order valence-corrected chi connectivity index (χ3v) is 2.05. The zero-order valence-electron chi connectivity index (χ0n) is 7.70. The molecule has 1 unspecified atom stereocenters. The van der Waals surface area contributed by atoms with E-state index in [9.17, 15) is 0 Å². The standard InChI is InChI=1S/C9H10N4O/c1-7(6-10-14)13-9-5-3-2-4-8(9)11-12-13/h2-7,14H,1H3/b10-6+. The van der Waals surface area contributed by atoms with Crippen LogP contribution in [0.2, 0.25) is 0 Å². The van der Waals surface area contributed by atoms with Gasteiger partial charge in [0.25, 0.3) is 0 Å². The zero-order valence-corrected chi connectivity index (χ0v) is 7.70. The fourth-order valence-corrected chi connectivity index (χ4v) is 1.35. The molecule has 0 saturated heterocycles. The van der Waals surface area contributed by atoms with Crippen LogP contribution in [0.5, 0.6) is 0 Å². The number of rotatable bonds is 2. The first-order valence-electron chi connectivity index (χ1n) is 4.30. The third kappa shape index (κ3) is 1.32. The molecule has 5 heteroatoms. The summed E-state index contributed by atoms with van der Waals surface area (Å²) < 4.78 is 1.70. The number of nitrogens with zero attached hydrogens (tertiary/aromatic N) is 4. The minimum Gasteiger partial charge on any atom is -0.411 e. The maximum Gasteiger partial charge on any atom is 0.113 e. The van der Waals surface area contributed by atoms with Crippen LogP contribution < -0.4 is 0 Å². The van der Waals surface area contributed by atoms with Crippen molar-refractivity contribution in [3.05, 3.63) is 24.3 Å². The van der Waals surface area contributed by atoms with Gasteiger partial charge in [-0.25, -0.2) is 4.68 Å². The van der Waals surface area contributed by atoms with Crippen LogP contribution in [0.3, 0.4) is 0 Å². The summed E-state index contributed by atoms with van der Waals surface area (Å²) in [6.45, 7) is 1.88. The van der Waals surface area contributed by atoms with Crippen LogP contribution in [0.25, 0.3) is 11.0 Å². The van der Waals surface area contributed by atoms with Gasteiger partial charge in [0.2, 0.25) is 0 Å². The number of benzene rings is 1. The molecule has 0 aliphatic heterocycles. The Morgan fingerprint density at radius 1 is 1.50 bits per heavy atom. The molecular weight excluding hydrogens is 180 g/mol. The first-order chi connectivity index (χ1) is 6.83. The molecule has 14 heavy (non-hydrogen) atoms. The minimum atomic E-state index is -0.104. The van der Waals surface area contributed by atoms with E-state index < -0.39 is 0 Å². The van der Waals surface area contributed by atoms with Gasteiger partial charge in [-0.15, -0.1) is 5.10 Å². The van der Waals surface area contributed by atoms with Crippen LogP contribution >= 0.6 is 0 Å². The summed E-state index contributed by atoms with van der Waals surface area (Å²) in [6, 6.07) is 7.54. The Hall–Kier alpha value is -1.91. The molecule has 1 heterocycles. The fraction of sp³-hybridized carbons (Fsp3) is 0.222. The van der Waals surface area contributed by atoms with Crippen LogP contribution in [0, 0.1) is 0 Å². The lowest BCUT2D eigenvalue weighted by atomic mass is 10.3. The number of oxime groups is 1. The van der Waals surface area contributed by atoms with Crippen LogP contribution in [0.15, 0.2) is 29.4 Å². The van der Waals surface area contributed by atoms with Crippen LogP contribution in [-0.4, -0.2) is 26.4 Å². The fourth-order valence-electron chi connectivity index (χ4n) is 1.35. The molecule has 0 radical (unpaired) electrons. The van der Waals surface area contributed by atoms with E-state index in [-0.39, 0.29) is 6.04 Å². The molecule has 1 N–H and O–H groups in total. The maximum atomic E-state index is 8.42. The highest BCUT2D eigenvalue weighted by Crippen LogP contribution is 2.13. The van der Waals surface area contributed by atoms with Gasteiger partial charge in [0, 0.05) is 0 Å². The van der Waals surface area contributed by atoms with E-state index >= 15 is 0 Å². The van der Waals surface area contributed by atoms with Crippen molar-refractivity contribution in [2.24, 2.45) is 5.16 Å². The Labute approximate surface area is 80.6 Å². The quantitative estimate of drug-likeness (QED) is 0.443. The Morgan fingerprint density at radius 3 is 3.07 bits per heavy atom. The molecule has 2 rings (SSSR count). The Kier molecular flexibility index (Phi) is 2.14. The van der Waals surface area contributed by atoms with E-state index in [1.165, 1.54) is 6.21 Å². The molecule has 5 nitrogen and oxygen atoms in total. The molecule has 0 aliphatic carbocycles. The highest BCUT2D eigenvalue weighted by molar-refractivity contribution is 5.76. The lowest BCUT2D eigenvalue weighted by Gasteiger charge is -2.04. The third-order valence-electron chi connectivity index (χ3n) is 2.05. The van der Waals surface area contributed by atoms with E-state index in [4.69, 9.17) is 5.21 Å². The number of aromatic nitrogens is 3. The Balaban J connectivity index is 2.52. The van der Waals surface area contributed by atoms with E-state index in [2.05, 4.69) is 15.5 Å². The number of hydrogen-bond acceptors (Lipinski definition) is 4. The van der Waals surface area contributed by atoms with Gasteiger partial charge in [-0.05, 0) is 19.1 Å². The molecule has 72 valence electrons. The van der Waals surface area contributed by atoms with E-state index in [0.29, 0.717) is 0 Å². The summed E-state index contributed by atoms with van der Waals surface area (Å²) in [5, 5.41) is 19.4. The van der Waals surface area contributed by atoms with Gasteiger partial charge in [0.1, 0.15) is 5.52 Å². The van der Waals surface area contributed by atoms with Crippen molar-refractivity contribution in [3.63, 3.8) is 0 Å². The van der Waals surface area contributed by atoms with Crippen LogP contribution in [0.4, 0.5) is 0 Å². The number of para-hydroxylation sites is 1. The molecular formula is C9H10N4O. The minimum absolute atomic E-state index is 0.104. The molecule has 1 atom stereocenters. The summed E-state index contributed by atoms with van der Waals surface area (Å²) in [5.41, 5.74) is 1.77. The average Bonchev–Trinajstić information content (AvgIpc) is 2.61. The van der Waals surface area contributed by atoms with Crippen molar-refractivity contribution in [2.75, 3.05) is 0 Å². The average molecular weight is 190 g/mol. The number of hydrogen-bond donors (Lipinski definition) is 1. The highest BCUT2D eigenvalue weighted by atomic mass is 16.4. The highest BCUT2D eigenvalue weighted by Gasteiger charge is 2.07. The Bertz CT molecular complexity index is 463. The normalized spacial score (nSPS) is 13.8. The van der Waals surface area contributed by atoms with Gasteiger partial charge in [-0.1, -0.05) is 22.5 Å². The molecule has 0 aliphatic rings. The summed E-state index contributed by atoms with van der Waals surface area (Å²) in [6.07, 6.45) is 1.40. The Morgan fingerprint density at radius 2 is 2.29 bits per heavy atom. The molecule has 2 aromatic rings. The van der Waals surface area contributed by atoms with Crippen LogP contribution in [0.1, 0.15) is 13.0 Å². The zero-order chi connectivity index (χ0) is 9.97. The second-order valence-corrected chi connectivity index (χ2v) is 3.03. The summed E-state index contributed by atoms with van der Waals surface area (Å²) in [4.78, 5) is 0. The van der Waals surface area contributed by atoms with E-state index in [1.54, 1.807) is 4.68 Å². The van der Waals surface area contributed by atoms with Crippen molar-refractivity contribution < 1.29 is 5.21 Å². The van der Waals surface area contributed by atoms with Gasteiger partial charge in [-0.2, -0.15) is 0 Å². The van der Waals surface area contributed by atoms with Crippen molar-refractivity contribution in [3.8, 4) is 0 Å². The monoisotopic (exact) mass is 190 g/mol. The smallest absolute Gasteiger partial charge is 0.113 e. The van der Waals surface area contributed by atoms with Gasteiger partial charge < -0.3 is 5.21 Å². The SMILES string of the molecule is CC(/C=N/O)n1nnc2ccccc21. The molecule has 0 saturated carbocycles. The van der Waals surface area contributed by atoms with Crippen molar-refractivity contribution in [1.29, 1.82) is 0 Å². The second-order valence-electron chi connectivity index (χ2n) is 3.03.